The molecule has 0 aliphatic heterocycles. The van der Waals surface area contributed by atoms with Gasteiger partial charge in [-0.2, -0.15) is 0 Å². The summed E-state index contributed by atoms with van der Waals surface area (Å²) >= 11 is 0. The average Bonchev–Trinajstić information content (AvgIpc) is 2.46. The smallest absolute Gasteiger partial charge is 0.00476 e. The molecule has 1 heteroatoms. The van der Waals surface area contributed by atoms with Crippen LogP contribution in [0.3, 0.4) is 0 Å². The predicted octanol–water partition coefficient (Wildman–Crippen LogP) is 3.84. The normalized spacial score (nSPS) is 21.6. The summed E-state index contributed by atoms with van der Waals surface area (Å²) in [5, 5.41) is 0. The molecular formula is C15H26N. The van der Waals surface area contributed by atoms with Gasteiger partial charge >= 0.3 is 0 Å². The van der Waals surface area contributed by atoms with Crippen molar-refractivity contribution in [1.82, 2.24) is 4.90 Å². The maximum Gasteiger partial charge on any atom is 0.00476 e. The maximum atomic E-state index is 2.40. The Morgan fingerprint density at radius 1 is 1.19 bits per heavy atom. The second-order valence-electron chi connectivity index (χ2n) is 4.98. The van der Waals surface area contributed by atoms with Crippen LogP contribution in [0, 0.1) is 12.3 Å². The molecule has 0 saturated carbocycles. The van der Waals surface area contributed by atoms with Gasteiger partial charge in [0.15, 0.2) is 0 Å². The first-order chi connectivity index (χ1) is 7.52. The van der Waals surface area contributed by atoms with Crippen molar-refractivity contribution in [1.29, 1.82) is 0 Å². The van der Waals surface area contributed by atoms with Gasteiger partial charge < -0.3 is 4.90 Å². The van der Waals surface area contributed by atoms with Crippen LogP contribution >= 0.6 is 0 Å². The van der Waals surface area contributed by atoms with Crippen LogP contribution in [0.4, 0.5) is 0 Å². The molecule has 1 nitrogen and oxygen atoms in total. The number of allylic oxidation sites excluding steroid dienone is 3. The third-order valence-corrected chi connectivity index (χ3v) is 3.67. The molecule has 0 aromatic rings. The lowest BCUT2D eigenvalue weighted by atomic mass is 9.93. The van der Waals surface area contributed by atoms with Crippen LogP contribution < -0.4 is 0 Å². The summed E-state index contributed by atoms with van der Waals surface area (Å²) < 4.78 is 0. The minimum absolute atomic E-state index is 0.639. The molecule has 1 unspecified atom stereocenters. The molecule has 1 atom stereocenters. The van der Waals surface area contributed by atoms with Gasteiger partial charge in [-0.1, -0.05) is 31.9 Å². The zero-order valence-corrected chi connectivity index (χ0v) is 11.7. The first-order valence-electron chi connectivity index (χ1n) is 6.43. The zero-order chi connectivity index (χ0) is 12.3. The summed E-state index contributed by atoms with van der Waals surface area (Å²) in [5.41, 5.74) is 6.36. The molecular weight excluding hydrogens is 194 g/mol. The van der Waals surface area contributed by atoms with E-state index in [2.05, 4.69) is 53.1 Å². The van der Waals surface area contributed by atoms with Crippen LogP contribution in [0.1, 0.15) is 40.5 Å². The highest BCUT2D eigenvalue weighted by Gasteiger charge is 2.25. The van der Waals surface area contributed by atoms with Crippen LogP contribution in [0.5, 0.6) is 0 Å². The Hall–Kier alpha value is -0.560. The molecule has 0 aromatic heterocycles. The summed E-state index contributed by atoms with van der Waals surface area (Å²) in [5.74, 6) is 0.639. The Kier molecular flexibility index (Phi) is 4.79. The quantitative estimate of drug-likeness (QED) is 0.680. The fraction of sp³-hybridized carbons (Fsp3) is 0.667. The zero-order valence-electron chi connectivity index (χ0n) is 11.7. The van der Waals surface area contributed by atoms with Gasteiger partial charge in [0.05, 0.1) is 0 Å². The van der Waals surface area contributed by atoms with E-state index in [1.165, 1.54) is 18.4 Å². The second kappa shape index (κ2) is 5.67. The Bertz CT molecular complexity index is 307. The Balaban J connectivity index is 2.85. The van der Waals surface area contributed by atoms with E-state index in [9.17, 15) is 0 Å². The molecule has 0 heterocycles. The van der Waals surface area contributed by atoms with Crippen molar-refractivity contribution >= 4 is 0 Å². The molecule has 1 aliphatic carbocycles. The second-order valence-corrected chi connectivity index (χ2v) is 4.98. The molecule has 91 valence electrons. The number of nitrogens with zero attached hydrogens (tertiary/aromatic N) is 1. The van der Waals surface area contributed by atoms with Gasteiger partial charge in [-0.3, -0.25) is 0 Å². The third-order valence-electron chi connectivity index (χ3n) is 3.67. The summed E-state index contributed by atoms with van der Waals surface area (Å²) in [7, 11) is 4.25. The van der Waals surface area contributed by atoms with E-state index in [-0.39, 0.29) is 0 Å². The molecule has 1 radical (unpaired) electrons. The van der Waals surface area contributed by atoms with Gasteiger partial charge in [0.2, 0.25) is 0 Å². The lowest BCUT2D eigenvalue weighted by Gasteiger charge is -2.16. The molecule has 1 rings (SSSR count). The molecule has 1 aliphatic rings. The highest BCUT2D eigenvalue weighted by atomic mass is 15.0. The molecule has 0 bridgehead atoms. The maximum absolute atomic E-state index is 2.40. The Morgan fingerprint density at radius 2 is 1.81 bits per heavy atom. The van der Waals surface area contributed by atoms with E-state index < -0.39 is 0 Å². The summed E-state index contributed by atoms with van der Waals surface area (Å²) in [6, 6.07) is 0. The van der Waals surface area contributed by atoms with Crippen molar-refractivity contribution in [2.45, 2.75) is 40.5 Å². The van der Waals surface area contributed by atoms with Gasteiger partial charge in [-0.25, -0.2) is 0 Å². The van der Waals surface area contributed by atoms with Crippen molar-refractivity contribution in [2.24, 2.45) is 5.92 Å². The van der Waals surface area contributed by atoms with E-state index in [0.717, 1.165) is 6.54 Å². The number of rotatable bonds is 5. The molecule has 0 spiro atoms. The van der Waals surface area contributed by atoms with Crippen molar-refractivity contribution in [3.05, 3.63) is 28.7 Å². The molecule has 16 heavy (non-hydrogen) atoms. The topological polar surface area (TPSA) is 3.24 Å². The lowest BCUT2D eigenvalue weighted by Crippen LogP contribution is -2.15. The van der Waals surface area contributed by atoms with Crippen LogP contribution in [0.25, 0.3) is 0 Å². The van der Waals surface area contributed by atoms with E-state index >= 15 is 0 Å². The van der Waals surface area contributed by atoms with Gasteiger partial charge in [0.25, 0.3) is 0 Å². The Morgan fingerprint density at radius 3 is 2.19 bits per heavy atom. The summed E-state index contributed by atoms with van der Waals surface area (Å²) in [6.07, 6.45) is 4.78. The van der Waals surface area contributed by atoms with E-state index in [4.69, 9.17) is 0 Å². The fourth-order valence-corrected chi connectivity index (χ4v) is 2.81. The molecule has 0 amide bonds. The highest BCUT2D eigenvalue weighted by molar-refractivity contribution is 5.51. The molecule has 0 saturated heterocycles. The SMILES string of the molecule is CCC1=C(CC)C(C)C([CH]CN(C)C)=C1C. The summed E-state index contributed by atoms with van der Waals surface area (Å²) in [6.45, 7) is 10.2. The van der Waals surface area contributed by atoms with E-state index in [1.54, 1.807) is 16.7 Å². The third kappa shape index (κ3) is 2.57. The van der Waals surface area contributed by atoms with Crippen molar-refractivity contribution < 1.29 is 0 Å². The highest BCUT2D eigenvalue weighted by Crippen LogP contribution is 2.41. The monoisotopic (exact) mass is 220 g/mol. The van der Waals surface area contributed by atoms with Gasteiger partial charge in [0.1, 0.15) is 0 Å². The van der Waals surface area contributed by atoms with Crippen LogP contribution in [-0.2, 0) is 0 Å². The van der Waals surface area contributed by atoms with Gasteiger partial charge in [-0.15, -0.1) is 0 Å². The van der Waals surface area contributed by atoms with E-state index in [0.29, 0.717) is 5.92 Å². The van der Waals surface area contributed by atoms with Crippen molar-refractivity contribution in [2.75, 3.05) is 20.6 Å². The lowest BCUT2D eigenvalue weighted by molar-refractivity contribution is 0.442. The Labute approximate surface area is 101 Å². The van der Waals surface area contributed by atoms with E-state index in [1.807, 2.05) is 0 Å². The van der Waals surface area contributed by atoms with Crippen molar-refractivity contribution in [3.8, 4) is 0 Å². The minimum atomic E-state index is 0.639. The minimum Gasteiger partial charge on any atom is -0.309 e. The fourth-order valence-electron chi connectivity index (χ4n) is 2.81. The largest absolute Gasteiger partial charge is 0.309 e. The first kappa shape index (κ1) is 13.5. The molecule has 0 fully saturated rings. The first-order valence-corrected chi connectivity index (χ1v) is 6.43. The number of hydrogen-bond donors (Lipinski definition) is 0. The van der Waals surface area contributed by atoms with Crippen LogP contribution in [0.15, 0.2) is 22.3 Å². The molecule has 0 aromatic carbocycles. The average molecular weight is 220 g/mol. The summed E-state index contributed by atoms with van der Waals surface area (Å²) in [4.78, 5) is 2.22. The van der Waals surface area contributed by atoms with Crippen LogP contribution in [0.2, 0.25) is 0 Å². The number of hydrogen-bond acceptors (Lipinski definition) is 1. The molecule has 0 N–H and O–H groups in total. The van der Waals surface area contributed by atoms with Gasteiger partial charge in [0, 0.05) is 13.0 Å². The van der Waals surface area contributed by atoms with Crippen LogP contribution in [-0.4, -0.2) is 25.5 Å². The van der Waals surface area contributed by atoms with Gasteiger partial charge in [-0.05, 0) is 50.9 Å². The predicted molar refractivity (Wildman–Crippen MR) is 72.3 cm³/mol. The van der Waals surface area contributed by atoms with Crippen molar-refractivity contribution in [3.63, 3.8) is 0 Å². The standard InChI is InChI=1S/C15H26N/c1-7-13-11(3)15(9-10-16(5)6)12(4)14(13)8-2/h9,11H,7-8,10H2,1-6H3.